The molecule has 3 nitrogen and oxygen atoms in total. The molecule has 0 aliphatic carbocycles. The van der Waals surface area contributed by atoms with Gasteiger partial charge in [-0.15, -0.1) is 6.58 Å². The molecule has 0 aromatic heterocycles. The molecule has 0 saturated heterocycles. The first-order valence-electron chi connectivity index (χ1n) is 4.26. The lowest BCUT2D eigenvalue weighted by Crippen LogP contribution is -2.52. The molecule has 72 valence electrons. The second-order valence-electron chi connectivity index (χ2n) is 3.11. The fourth-order valence-corrected chi connectivity index (χ4v) is 1.19. The smallest absolute Gasteiger partial charge is 0.0816 e. The van der Waals surface area contributed by atoms with E-state index in [1.54, 1.807) is 7.11 Å². The molecule has 0 fully saturated rings. The van der Waals surface area contributed by atoms with E-state index in [9.17, 15) is 0 Å². The second-order valence-corrected chi connectivity index (χ2v) is 3.11. The Bertz CT molecular complexity index is 132. The van der Waals surface area contributed by atoms with Crippen molar-refractivity contribution in [1.82, 2.24) is 5.43 Å². The van der Waals surface area contributed by atoms with Crippen LogP contribution in [-0.2, 0) is 4.74 Å². The van der Waals surface area contributed by atoms with E-state index in [0.29, 0.717) is 0 Å². The monoisotopic (exact) mass is 172 g/mol. The summed E-state index contributed by atoms with van der Waals surface area (Å²) in [5.74, 6) is 5.42. The fourth-order valence-electron chi connectivity index (χ4n) is 1.19. The van der Waals surface area contributed by atoms with Gasteiger partial charge in [-0.25, -0.2) is 0 Å². The minimum atomic E-state index is -0.205. The molecule has 3 heteroatoms. The maximum atomic E-state index is 5.42. The molecule has 0 rings (SSSR count). The number of nitrogens with one attached hydrogen (secondary N) is 1. The summed E-state index contributed by atoms with van der Waals surface area (Å²) in [4.78, 5) is 0. The third kappa shape index (κ3) is 2.59. The predicted molar refractivity (Wildman–Crippen MR) is 51.6 cm³/mol. The summed E-state index contributed by atoms with van der Waals surface area (Å²) in [6, 6.07) is 0.130. The maximum absolute atomic E-state index is 5.42. The number of ether oxygens (including phenoxy) is 1. The van der Waals surface area contributed by atoms with E-state index in [1.165, 1.54) is 0 Å². The first kappa shape index (κ1) is 11.6. The lowest BCUT2D eigenvalue weighted by molar-refractivity contribution is -0.0281. The van der Waals surface area contributed by atoms with Crippen LogP contribution in [0.25, 0.3) is 0 Å². The molecule has 2 unspecified atom stereocenters. The molecule has 0 bridgehead atoms. The van der Waals surface area contributed by atoms with Gasteiger partial charge in [-0.05, 0) is 19.8 Å². The highest BCUT2D eigenvalue weighted by molar-refractivity contribution is 4.91. The van der Waals surface area contributed by atoms with Crippen LogP contribution in [-0.4, -0.2) is 18.8 Å². The van der Waals surface area contributed by atoms with E-state index in [4.69, 9.17) is 10.6 Å². The number of nitrogens with two attached hydrogens (primary N) is 1. The summed E-state index contributed by atoms with van der Waals surface area (Å²) in [6.45, 7) is 7.80. The van der Waals surface area contributed by atoms with E-state index in [2.05, 4.69) is 18.9 Å². The molecule has 0 spiro atoms. The average molecular weight is 172 g/mol. The molecule has 0 aromatic carbocycles. The van der Waals surface area contributed by atoms with Crippen molar-refractivity contribution < 1.29 is 4.74 Å². The predicted octanol–water partition coefficient (Wildman–Crippen LogP) is 1.21. The van der Waals surface area contributed by atoms with Crippen molar-refractivity contribution in [3.63, 3.8) is 0 Å². The zero-order valence-corrected chi connectivity index (χ0v) is 8.26. The van der Waals surface area contributed by atoms with Crippen molar-refractivity contribution in [3.8, 4) is 0 Å². The van der Waals surface area contributed by atoms with Crippen LogP contribution in [0.4, 0.5) is 0 Å². The molecule has 0 aromatic rings. The van der Waals surface area contributed by atoms with Gasteiger partial charge in [0.2, 0.25) is 0 Å². The number of methoxy groups -OCH3 is 1. The first-order chi connectivity index (χ1) is 5.64. The minimum Gasteiger partial charge on any atom is -0.377 e. The van der Waals surface area contributed by atoms with Crippen molar-refractivity contribution in [1.29, 1.82) is 0 Å². The van der Waals surface area contributed by atoms with Gasteiger partial charge in [0, 0.05) is 7.11 Å². The van der Waals surface area contributed by atoms with Gasteiger partial charge in [0.15, 0.2) is 0 Å². The number of hydrazine groups is 1. The number of hydrogen-bond acceptors (Lipinski definition) is 3. The Labute approximate surface area is 74.9 Å². The minimum absolute atomic E-state index is 0.130. The van der Waals surface area contributed by atoms with E-state index in [0.717, 1.165) is 12.8 Å². The van der Waals surface area contributed by atoms with E-state index in [1.807, 2.05) is 13.0 Å². The summed E-state index contributed by atoms with van der Waals surface area (Å²) in [5.41, 5.74) is 2.54. The summed E-state index contributed by atoms with van der Waals surface area (Å²) in [5, 5.41) is 0. The molecule has 3 N–H and O–H groups in total. The van der Waals surface area contributed by atoms with Crippen molar-refractivity contribution in [2.45, 2.75) is 38.3 Å². The van der Waals surface area contributed by atoms with E-state index < -0.39 is 0 Å². The van der Waals surface area contributed by atoms with Gasteiger partial charge in [-0.2, -0.15) is 0 Å². The van der Waals surface area contributed by atoms with Crippen LogP contribution in [0.1, 0.15) is 26.7 Å². The lowest BCUT2D eigenvalue weighted by atomic mass is 9.91. The average Bonchev–Trinajstić information content (AvgIpc) is 2.13. The van der Waals surface area contributed by atoms with Crippen LogP contribution in [0.5, 0.6) is 0 Å². The zero-order chi connectivity index (χ0) is 9.61. The van der Waals surface area contributed by atoms with Gasteiger partial charge in [0.05, 0.1) is 11.6 Å². The van der Waals surface area contributed by atoms with E-state index >= 15 is 0 Å². The Morgan fingerprint density at radius 3 is 2.58 bits per heavy atom. The third-order valence-corrected chi connectivity index (χ3v) is 2.51. The van der Waals surface area contributed by atoms with Gasteiger partial charge in [-0.3, -0.25) is 11.3 Å². The summed E-state index contributed by atoms with van der Waals surface area (Å²) >= 11 is 0. The molecule has 2 atom stereocenters. The Hall–Kier alpha value is -0.380. The summed E-state index contributed by atoms with van der Waals surface area (Å²) in [7, 11) is 1.71. The quantitative estimate of drug-likeness (QED) is 0.359. The Morgan fingerprint density at radius 1 is 1.75 bits per heavy atom. The molecule has 12 heavy (non-hydrogen) atoms. The van der Waals surface area contributed by atoms with Crippen molar-refractivity contribution in [2.24, 2.45) is 5.84 Å². The number of rotatable bonds is 6. The molecule has 0 aliphatic heterocycles. The molecule has 0 radical (unpaired) electrons. The first-order valence-corrected chi connectivity index (χ1v) is 4.26. The van der Waals surface area contributed by atoms with E-state index in [-0.39, 0.29) is 11.6 Å². The van der Waals surface area contributed by atoms with Crippen molar-refractivity contribution in [2.75, 3.05) is 7.11 Å². The van der Waals surface area contributed by atoms with Crippen molar-refractivity contribution >= 4 is 0 Å². The largest absolute Gasteiger partial charge is 0.377 e. The Morgan fingerprint density at radius 2 is 2.33 bits per heavy atom. The lowest BCUT2D eigenvalue weighted by Gasteiger charge is -2.34. The van der Waals surface area contributed by atoms with Gasteiger partial charge < -0.3 is 4.74 Å². The fraction of sp³-hybridized carbons (Fsp3) is 0.778. The van der Waals surface area contributed by atoms with Crippen LogP contribution in [0, 0.1) is 0 Å². The highest BCUT2D eigenvalue weighted by atomic mass is 16.5. The molecule has 0 amide bonds. The normalized spacial score (nSPS) is 18.3. The van der Waals surface area contributed by atoms with Crippen LogP contribution in [0.3, 0.4) is 0 Å². The van der Waals surface area contributed by atoms with Crippen LogP contribution in [0.2, 0.25) is 0 Å². The summed E-state index contributed by atoms with van der Waals surface area (Å²) < 4.78 is 5.40. The third-order valence-electron chi connectivity index (χ3n) is 2.51. The SMILES string of the molecule is C=CCC(NN)C(C)(CC)OC. The van der Waals surface area contributed by atoms with Crippen LogP contribution in [0.15, 0.2) is 12.7 Å². The standard InChI is InChI=1S/C9H20N2O/c1-5-7-8(11-10)9(3,6-2)12-4/h5,8,11H,1,6-7,10H2,2-4H3. The van der Waals surface area contributed by atoms with Gasteiger partial charge in [0.25, 0.3) is 0 Å². The van der Waals surface area contributed by atoms with Gasteiger partial charge in [0.1, 0.15) is 0 Å². The maximum Gasteiger partial charge on any atom is 0.0816 e. The van der Waals surface area contributed by atoms with Crippen LogP contribution >= 0.6 is 0 Å². The molecular weight excluding hydrogens is 152 g/mol. The van der Waals surface area contributed by atoms with Gasteiger partial charge >= 0.3 is 0 Å². The van der Waals surface area contributed by atoms with Gasteiger partial charge in [-0.1, -0.05) is 13.0 Å². The zero-order valence-electron chi connectivity index (χ0n) is 8.26. The second kappa shape index (κ2) is 5.30. The Kier molecular flexibility index (Phi) is 5.13. The van der Waals surface area contributed by atoms with Crippen LogP contribution < -0.4 is 11.3 Å². The van der Waals surface area contributed by atoms with Crippen molar-refractivity contribution in [3.05, 3.63) is 12.7 Å². The highest BCUT2D eigenvalue weighted by Gasteiger charge is 2.30. The topological polar surface area (TPSA) is 47.3 Å². The summed E-state index contributed by atoms with van der Waals surface area (Å²) in [6.07, 6.45) is 3.58. The molecule has 0 aliphatic rings. The molecule has 0 saturated carbocycles. The molecule has 0 heterocycles. The highest BCUT2D eigenvalue weighted by Crippen LogP contribution is 2.20. The number of hydrogen-bond donors (Lipinski definition) is 2. The Balaban J connectivity index is 4.31. The molecular formula is C9H20N2O.